The number of piperazine rings is 1. The zero-order valence-electron chi connectivity index (χ0n) is 16.9. The summed E-state index contributed by atoms with van der Waals surface area (Å²) in [6.07, 6.45) is 4.82. The summed E-state index contributed by atoms with van der Waals surface area (Å²) >= 11 is 0. The minimum Gasteiger partial charge on any atom is -0.494 e. The first-order valence-electron chi connectivity index (χ1n) is 10.3. The van der Waals surface area contributed by atoms with Crippen LogP contribution in [0.5, 0.6) is 5.75 Å². The average molecular weight is 398 g/mol. The van der Waals surface area contributed by atoms with E-state index < -0.39 is 0 Å². The van der Waals surface area contributed by atoms with E-state index in [4.69, 9.17) is 15.7 Å². The molecular formula is C22H31N5O2. The smallest absolute Gasteiger partial charge is 0.234 e. The van der Waals surface area contributed by atoms with Gasteiger partial charge in [-0.1, -0.05) is 6.08 Å². The highest BCUT2D eigenvalue weighted by molar-refractivity contribution is 5.78. The first-order valence-corrected chi connectivity index (χ1v) is 10.3. The Morgan fingerprint density at radius 1 is 1.34 bits per heavy atom. The molecule has 0 aromatic heterocycles. The number of amides is 1. The molecule has 3 N–H and O–H groups in total. The third kappa shape index (κ3) is 6.04. The number of benzene rings is 1. The zero-order valence-corrected chi connectivity index (χ0v) is 16.9. The van der Waals surface area contributed by atoms with E-state index in [-0.39, 0.29) is 11.9 Å². The lowest BCUT2D eigenvalue weighted by Crippen LogP contribution is -2.57. The standard InChI is InChI=1S/C22H31N5O2/c1-2-10-25-22(28)16-26-14-19-5-6-20(15-26)27(19)13-18(24)9-11-29-21-7-3-17(12-23)4-8-21/h2-4,7-8,18-20H,1,5-6,9-11,13-16,24H2,(H,25,28). The minimum absolute atomic E-state index is 0.0546. The van der Waals surface area contributed by atoms with Crippen molar-refractivity contribution in [1.29, 1.82) is 5.26 Å². The number of hydrogen-bond acceptors (Lipinski definition) is 6. The molecule has 2 bridgehead atoms. The molecule has 2 heterocycles. The molecule has 0 saturated carbocycles. The van der Waals surface area contributed by atoms with Crippen LogP contribution in [0.25, 0.3) is 0 Å². The van der Waals surface area contributed by atoms with Gasteiger partial charge in [0.1, 0.15) is 5.75 Å². The molecule has 29 heavy (non-hydrogen) atoms. The fourth-order valence-corrected chi connectivity index (χ4v) is 4.27. The molecule has 1 aromatic carbocycles. The normalized spacial score (nSPS) is 22.6. The Morgan fingerprint density at radius 3 is 2.66 bits per heavy atom. The summed E-state index contributed by atoms with van der Waals surface area (Å²) in [5, 5.41) is 11.7. The van der Waals surface area contributed by atoms with Crippen LogP contribution in [-0.2, 0) is 4.79 Å². The van der Waals surface area contributed by atoms with Crippen LogP contribution in [0.15, 0.2) is 36.9 Å². The number of likely N-dealkylation sites (tertiary alicyclic amines) is 1. The summed E-state index contributed by atoms with van der Waals surface area (Å²) in [6, 6.07) is 10.2. The van der Waals surface area contributed by atoms with Gasteiger partial charge in [0.2, 0.25) is 5.91 Å². The Morgan fingerprint density at radius 2 is 2.03 bits per heavy atom. The number of nitrogens with two attached hydrogens (primary N) is 1. The SMILES string of the molecule is C=CCNC(=O)CN1CC2CCC(C1)N2CC(N)CCOc1ccc(C#N)cc1. The molecule has 0 aliphatic carbocycles. The third-order valence-electron chi connectivity index (χ3n) is 5.71. The van der Waals surface area contributed by atoms with Crippen LogP contribution in [0.2, 0.25) is 0 Å². The second kappa shape index (κ2) is 10.4. The quantitative estimate of drug-likeness (QED) is 0.574. The molecule has 0 spiro atoms. The van der Waals surface area contributed by atoms with Gasteiger partial charge in [0.25, 0.3) is 0 Å². The van der Waals surface area contributed by atoms with Crippen molar-refractivity contribution in [2.75, 3.05) is 39.3 Å². The van der Waals surface area contributed by atoms with E-state index in [9.17, 15) is 4.79 Å². The Balaban J connectivity index is 1.39. The molecular weight excluding hydrogens is 366 g/mol. The van der Waals surface area contributed by atoms with Gasteiger partial charge in [-0.2, -0.15) is 5.26 Å². The molecule has 2 saturated heterocycles. The van der Waals surface area contributed by atoms with Crippen molar-refractivity contribution in [3.63, 3.8) is 0 Å². The maximum Gasteiger partial charge on any atom is 0.234 e. The minimum atomic E-state index is 0.0546. The molecule has 1 amide bonds. The zero-order chi connectivity index (χ0) is 20.6. The number of nitriles is 1. The summed E-state index contributed by atoms with van der Waals surface area (Å²) in [7, 11) is 0. The van der Waals surface area contributed by atoms with E-state index in [0.717, 1.165) is 31.8 Å². The van der Waals surface area contributed by atoms with Crippen molar-refractivity contribution < 1.29 is 9.53 Å². The highest BCUT2D eigenvalue weighted by atomic mass is 16.5. The van der Waals surface area contributed by atoms with Crippen LogP contribution in [0.1, 0.15) is 24.8 Å². The van der Waals surface area contributed by atoms with Crippen LogP contribution in [0.3, 0.4) is 0 Å². The topological polar surface area (TPSA) is 94.6 Å². The Kier molecular flexibility index (Phi) is 7.64. The predicted octanol–water partition coefficient (Wildman–Crippen LogP) is 1.11. The molecule has 2 aliphatic rings. The Hall–Kier alpha value is -2.40. The lowest BCUT2D eigenvalue weighted by Gasteiger charge is -2.41. The lowest BCUT2D eigenvalue weighted by molar-refractivity contribution is -0.122. The van der Waals surface area contributed by atoms with Crippen molar-refractivity contribution in [2.45, 2.75) is 37.4 Å². The molecule has 7 heteroatoms. The van der Waals surface area contributed by atoms with Crippen molar-refractivity contribution in [3.8, 4) is 11.8 Å². The fraction of sp³-hybridized carbons (Fsp3) is 0.545. The fourth-order valence-electron chi connectivity index (χ4n) is 4.27. The monoisotopic (exact) mass is 397 g/mol. The van der Waals surface area contributed by atoms with Crippen molar-refractivity contribution in [3.05, 3.63) is 42.5 Å². The molecule has 2 aliphatic heterocycles. The summed E-state index contributed by atoms with van der Waals surface area (Å²) in [5.74, 6) is 0.828. The summed E-state index contributed by atoms with van der Waals surface area (Å²) in [6.45, 7) is 7.88. The van der Waals surface area contributed by atoms with E-state index in [1.807, 2.05) is 12.1 Å². The number of rotatable bonds is 10. The van der Waals surface area contributed by atoms with Crippen LogP contribution in [0.4, 0.5) is 0 Å². The lowest BCUT2D eigenvalue weighted by atomic mass is 10.1. The number of ether oxygens (including phenoxy) is 1. The van der Waals surface area contributed by atoms with Gasteiger partial charge >= 0.3 is 0 Å². The number of fused-ring (bicyclic) bond motifs is 2. The molecule has 7 nitrogen and oxygen atoms in total. The van der Waals surface area contributed by atoms with E-state index in [1.165, 1.54) is 12.8 Å². The van der Waals surface area contributed by atoms with Crippen LogP contribution in [-0.4, -0.2) is 73.2 Å². The van der Waals surface area contributed by atoms with Crippen molar-refractivity contribution in [2.24, 2.45) is 5.73 Å². The first-order chi connectivity index (χ1) is 14.1. The molecule has 3 atom stereocenters. The van der Waals surface area contributed by atoms with E-state index in [0.29, 0.717) is 37.3 Å². The molecule has 2 fully saturated rings. The van der Waals surface area contributed by atoms with Crippen molar-refractivity contribution in [1.82, 2.24) is 15.1 Å². The van der Waals surface area contributed by atoms with Crippen LogP contribution in [0, 0.1) is 11.3 Å². The third-order valence-corrected chi connectivity index (χ3v) is 5.71. The molecule has 3 rings (SSSR count). The van der Waals surface area contributed by atoms with Gasteiger partial charge < -0.3 is 15.8 Å². The summed E-state index contributed by atoms with van der Waals surface area (Å²) in [5.41, 5.74) is 7.01. The maximum atomic E-state index is 12.0. The highest BCUT2D eigenvalue weighted by Gasteiger charge is 2.40. The molecule has 1 aromatic rings. The van der Waals surface area contributed by atoms with Gasteiger partial charge in [-0.25, -0.2) is 0 Å². The largest absolute Gasteiger partial charge is 0.494 e. The second-order valence-electron chi connectivity index (χ2n) is 7.90. The second-order valence-corrected chi connectivity index (χ2v) is 7.90. The van der Waals surface area contributed by atoms with Gasteiger partial charge in [0.05, 0.1) is 24.8 Å². The van der Waals surface area contributed by atoms with Gasteiger partial charge in [0, 0.05) is 44.3 Å². The number of carbonyl (C=O) groups is 1. The molecule has 0 radical (unpaired) electrons. The number of nitrogens with zero attached hydrogens (tertiary/aromatic N) is 3. The first kappa shape index (κ1) is 21.3. The molecule has 3 unspecified atom stereocenters. The number of hydrogen-bond donors (Lipinski definition) is 2. The van der Waals surface area contributed by atoms with E-state index in [1.54, 1.807) is 18.2 Å². The van der Waals surface area contributed by atoms with Gasteiger partial charge in [0.15, 0.2) is 0 Å². The predicted molar refractivity (Wildman–Crippen MR) is 112 cm³/mol. The van der Waals surface area contributed by atoms with E-state index >= 15 is 0 Å². The Labute approximate surface area is 173 Å². The average Bonchev–Trinajstić information content (AvgIpc) is 2.95. The number of carbonyl (C=O) groups excluding carboxylic acids is 1. The number of nitrogens with one attached hydrogen (secondary N) is 1. The maximum absolute atomic E-state index is 12.0. The van der Waals surface area contributed by atoms with Crippen LogP contribution < -0.4 is 15.8 Å². The van der Waals surface area contributed by atoms with Gasteiger partial charge in [-0.15, -0.1) is 6.58 Å². The summed E-state index contributed by atoms with van der Waals surface area (Å²) in [4.78, 5) is 16.8. The van der Waals surface area contributed by atoms with Crippen molar-refractivity contribution >= 4 is 5.91 Å². The Bertz CT molecular complexity index is 716. The molecule has 156 valence electrons. The van der Waals surface area contributed by atoms with Gasteiger partial charge in [-0.3, -0.25) is 14.6 Å². The van der Waals surface area contributed by atoms with Crippen LogP contribution >= 0.6 is 0 Å². The van der Waals surface area contributed by atoms with Gasteiger partial charge in [-0.05, 0) is 43.5 Å². The highest BCUT2D eigenvalue weighted by Crippen LogP contribution is 2.30. The van der Waals surface area contributed by atoms with E-state index in [2.05, 4.69) is 27.8 Å². The summed E-state index contributed by atoms with van der Waals surface area (Å²) < 4.78 is 5.76.